The summed E-state index contributed by atoms with van der Waals surface area (Å²) in [6, 6.07) is 7.26. The van der Waals surface area contributed by atoms with Gasteiger partial charge in [0.2, 0.25) is 0 Å². The molecule has 0 aromatic heterocycles. The van der Waals surface area contributed by atoms with E-state index < -0.39 is 12.1 Å². The molecule has 2 rings (SSSR count). The van der Waals surface area contributed by atoms with E-state index in [1.807, 2.05) is 12.1 Å². The van der Waals surface area contributed by atoms with E-state index in [1.54, 1.807) is 12.1 Å². The Balaban J connectivity index is 2.31. The first-order valence-corrected chi connectivity index (χ1v) is 6.23. The minimum Gasteiger partial charge on any atom is -0.481 e. The molecule has 1 aromatic carbocycles. The highest BCUT2D eigenvalue weighted by molar-refractivity contribution is 5.68. The largest absolute Gasteiger partial charge is 0.481 e. The highest BCUT2D eigenvalue weighted by Crippen LogP contribution is 2.46. The van der Waals surface area contributed by atoms with Crippen LogP contribution < -0.4 is 0 Å². The molecule has 0 amide bonds. The zero-order valence-corrected chi connectivity index (χ0v) is 10.1. The van der Waals surface area contributed by atoms with Gasteiger partial charge >= 0.3 is 5.97 Å². The molecule has 98 valence electrons. The van der Waals surface area contributed by atoms with Crippen molar-refractivity contribution in [1.29, 1.82) is 0 Å². The Bertz CT molecular complexity index is 426. The lowest BCUT2D eigenvalue weighted by molar-refractivity contribution is -0.137. The smallest absolute Gasteiger partial charge is 0.303 e. The lowest BCUT2D eigenvalue weighted by atomic mass is 9.86. The molecule has 0 saturated heterocycles. The van der Waals surface area contributed by atoms with Gasteiger partial charge in [0, 0.05) is 0 Å². The molecular formula is C14H18O4. The molecule has 3 N–H and O–H groups in total. The third-order valence-corrected chi connectivity index (χ3v) is 3.51. The Morgan fingerprint density at radius 3 is 2.39 bits per heavy atom. The van der Waals surface area contributed by atoms with Gasteiger partial charge in [-0.15, -0.1) is 0 Å². The van der Waals surface area contributed by atoms with Gasteiger partial charge in [-0.1, -0.05) is 24.3 Å². The van der Waals surface area contributed by atoms with Gasteiger partial charge in [-0.05, 0) is 35.8 Å². The topological polar surface area (TPSA) is 77.8 Å². The van der Waals surface area contributed by atoms with E-state index in [0.717, 1.165) is 18.4 Å². The summed E-state index contributed by atoms with van der Waals surface area (Å²) in [4.78, 5) is 11.0. The van der Waals surface area contributed by atoms with Crippen molar-refractivity contribution >= 4 is 5.97 Å². The summed E-state index contributed by atoms with van der Waals surface area (Å²) in [5.41, 5.74) is 1.52. The fourth-order valence-electron chi connectivity index (χ4n) is 2.47. The number of benzene rings is 1. The second-order valence-electron chi connectivity index (χ2n) is 4.87. The standard InChI is InChI=1S/C14H18O4/c15-8-13(16)11-4-2-1-3-10(11)12(7-14(17)18)9-5-6-9/h1-4,9,12-13,15-16H,5-8H2,(H,17,18). The maximum atomic E-state index is 11.0. The summed E-state index contributed by atoms with van der Waals surface area (Å²) in [5, 5.41) is 27.9. The molecule has 0 bridgehead atoms. The number of rotatable bonds is 6. The molecule has 1 aliphatic rings. The molecule has 1 fully saturated rings. The van der Waals surface area contributed by atoms with Crippen molar-refractivity contribution in [2.45, 2.75) is 31.3 Å². The molecule has 2 atom stereocenters. The van der Waals surface area contributed by atoms with Gasteiger partial charge in [-0.2, -0.15) is 0 Å². The molecule has 0 spiro atoms. The summed E-state index contributed by atoms with van der Waals surface area (Å²) < 4.78 is 0. The second kappa shape index (κ2) is 5.50. The van der Waals surface area contributed by atoms with Crippen LogP contribution in [0.1, 0.15) is 42.4 Å². The van der Waals surface area contributed by atoms with Crippen molar-refractivity contribution in [2.24, 2.45) is 5.92 Å². The molecular weight excluding hydrogens is 232 g/mol. The number of aliphatic hydroxyl groups is 2. The molecule has 2 unspecified atom stereocenters. The van der Waals surface area contributed by atoms with E-state index in [4.69, 9.17) is 10.2 Å². The molecule has 0 aliphatic heterocycles. The summed E-state index contributed by atoms with van der Waals surface area (Å²) in [5.74, 6) is -0.478. The monoisotopic (exact) mass is 250 g/mol. The third-order valence-electron chi connectivity index (χ3n) is 3.51. The first-order chi connectivity index (χ1) is 8.63. The second-order valence-corrected chi connectivity index (χ2v) is 4.87. The number of hydrogen-bond donors (Lipinski definition) is 3. The van der Waals surface area contributed by atoms with E-state index in [1.165, 1.54) is 0 Å². The van der Waals surface area contributed by atoms with Crippen LogP contribution in [0.15, 0.2) is 24.3 Å². The Morgan fingerprint density at radius 2 is 1.89 bits per heavy atom. The first kappa shape index (κ1) is 13.1. The molecule has 0 heterocycles. The van der Waals surface area contributed by atoms with Crippen molar-refractivity contribution in [3.05, 3.63) is 35.4 Å². The quantitative estimate of drug-likeness (QED) is 0.718. The maximum Gasteiger partial charge on any atom is 0.303 e. The van der Waals surface area contributed by atoms with Gasteiger partial charge < -0.3 is 15.3 Å². The zero-order valence-electron chi connectivity index (χ0n) is 10.1. The van der Waals surface area contributed by atoms with E-state index >= 15 is 0 Å². The van der Waals surface area contributed by atoms with Crippen molar-refractivity contribution in [1.82, 2.24) is 0 Å². The summed E-state index contributed by atoms with van der Waals surface area (Å²) >= 11 is 0. The van der Waals surface area contributed by atoms with Crippen molar-refractivity contribution < 1.29 is 20.1 Å². The zero-order chi connectivity index (χ0) is 13.1. The Morgan fingerprint density at radius 1 is 1.28 bits per heavy atom. The molecule has 4 heteroatoms. The van der Waals surface area contributed by atoms with E-state index in [2.05, 4.69) is 0 Å². The van der Waals surface area contributed by atoms with Gasteiger partial charge in [-0.25, -0.2) is 0 Å². The van der Waals surface area contributed by atoms with Crippen LogP contribution in [0.5, 0.6) is 0 Å². The lowest BCUT2D eigenvalue weighted by Crippen LogP contribution is -2.13. The van der Waals surface area contributed by atoms with Crippen LogP contribution in [-0.4, -0.2) is 27.9 Å². The normalized spacial score (nSPS) is 18.3. The summed E-state index contributed by atoms with van der Waals surface area (Å²) in [7, 11) is 0. The van der Waals surface area contributed by atoms with Crippen LogP contribution in [0.4, 0.5) is 0 Å². The first-order valence-electron chi connectivity index (χ1n) is 6.23. The van der Waals surface area contributed by atoms with E-state index in [9.17, 15) is 9.90 Å². The van der Waals surface area contributed by atoms with Crippen molar-refractivity contribution in [3.63, 3.8) is 0 Å². The highest BCUT2D eigenvalue weighted by Gasteiger charge is 2.35. The minimum atomic E-state index is -0.934. The van der Waals surface area contributed by atoms with E-state index in [0.29, 0.717) is 11.5 Å². The van der Waals surface area contributed by atoms with Crippen LogP contribution in [0.25, 0.3) is 0 Å². The molecule has 1 aromatic rings. The Labute approximate surface area is 106 Å². The average Bonchev–Trinajstić information content (AvgIpc) is 3.19. The third kappa shape index (κ3) is 2.89. The number of carboxylic acids is 1. The fraction of sp³-hybridized carbons (Fsp3) is 0.500. The predicted octanol–water partition coefficient (Wildman–Crippen LogP) is 1.68. The van der Waals surface area contributed by atoms with Gasteiger partial charge in [0.05, 0.1) is 13.0 Å². The lowest BCUT2D eigenvalue weighted by Gasteiger charge is -2.20. The SMILES string of the molecule is O=C(O)CC(c1ccccc1C(O)CO)C1CC1. The molecule has 4 nitrogen and oxygen atoms in total. The average molecular weight is 250 g/mol. The van der Waals surface area contributed by atoms with Crippen LogP contribution in [0.2, 0.25) is 0 Å². The van der Waals surface area contributed by atoms with E-state index in [-0.39, 0.29) is 18.9 Å². The molecule has 18 heavy (non-hydrogen) atoms. The highest BCUT2D eigenvalue weighted by atomic mass is 16.4. The summed E-state index contributed by atoms with van der Waals surface area (Å²) in [6.07, 6.45) is 1.24. The number of hydrogen-bond acceptors (Lipinski definition) is 3. The fourth-order valence-corrected chi connectivity index (χ4v) is 2.47. The minimum absolute atomic E-state index is 0.0556. The van der Waals surface area contributed by atoms with Gasteiger partial charge in [0.15, 0.2) is 0 Å². The molecule has 0 radical (unpaired) electrons. The van der Waals surface area contributed by atoms with Crippen LogP contribution in [0, 0.1) is 5.92 Å². The number of aliphatic carboxylic acids is 1. The summed E-state index contributed by atoms with van der Waals surface area (Å²) in [6.45, 7) is -0.346. The number of carboxylic acid groups (broad SMARTS) is 1. The van der Waals surface area contributed by atoms with Gasteiger partial charge in [0.25, 0.3) is 0 Å². The van der Waals surface area contributed by atoms with Gasteiger partial charge in [0.1, 0.15) is 6.10 Å². The molecule has 1 aliphatic carbocycles. The number of carbonyl (C=O) groups is 1. The number of aliphatic hydroxyl groups excluding tert-OH is 2. The van der Waals surface area contributed by atoms with Crippen LogP contribution in [-0.2, 0) is 4.79 Å². The van der Waals surface area contributed by atoms with Gasteiger partial charge in [-0.3, -0.25) is 4.79 Å². The Hall–Kier alpha value is -1.39. The van der Waals surface area contributed by atoms with Crippen LogP contribution in [0.3, 0.4) is 0 Å². The van der Waals surface area contributed by atoms with Crippen molar-refractivity contribution in [3.8, 4) is 0 Å². The van der Waals surface area contributed by atoms with Crippen LogP contribution >= 0.6 is 0 Å². The van der Waals surface area contributed by atoms with Crippen molar-refractivity contribution in [2.75, 3.05) is 6.61 Å². The Kier molecular flexibility index (Phi) is 3.99. The maximum absolute atomic E-state index is 11.0. The predicted molar refractivity (Wildman–Crippen MR) is 66.2 cm³/mol. The molecule has 1 saturated carbocycles.